The number of pyridine rings is 1. The molecule has 2 heterocycles. The van der Waals surface area contributed by atoms with Gasteiger partial charge in [-0.15, -0.1) is 0 Å². The average Bonchev–Trinajstić information content (AvgIpc) is 3.10. The third kappa shape index (κ3) is 4.03. The second-order valence-electron chi connectivity index (χ2n) is 8.22. The van der Waals surface area contributed by atoms with Crippen LogP contribution < -0.4 is 10.2 Å². The standard InChI is InChI=1S/C23H22BrN3O3/c1-23(2,3)30-22(29)27-9-8-14-4-6-17(11-20(14)27)26-21-15(13-28)12-25-19-7-5-16(24)10-18(19)21/h4-7,10-13H,8-9H2,1-3H3,(H,25,26). The van der Waals surface area contributed by atoms with E-state index in [4.69, 9.17) is 4.74 Å². The fourth-order valence-electron chi connectivity index (χ4n) is 3.52. The molecule has 0 fully saturated rings. The molecule has 0 unspecified atom stereocenters. The molecule has 2 aromatic carbocycles. The number of hydrogen-bond donors (Lipinski definition) is 1. The molecule has 0 saturated heterocycles. The number of hydrogen-bond acceptors (Lipinski definition) is 5. The van der Waals surface area contributed by atoms with Crippen molar-refractivity contribution in [2.45, 2.75) is 32.8 Å². The van der Waals surface area contributed by atoms with Gasteiger partial charge in [0.05, 0.1) is 22.5 Å². The first-order valence-corrected chi connectivity index (χ1v) is 10.5. The summed E-state index contributed by atoms with van der Waals surface area (Å²) in [5.74, 6) is 0. The van der Waals surface area contributed by atoms with Gasteiger partial charge in [-0.3, -0.25) is 14.7 Å². The second kappa shape index (κ2) is 7.72. The van der Waals surface area contributed by atoms with Crippen LogP contribution in [-0.2, 0) is 11.2 Å². The highest BCUT2D eigenvalue weighted by atomic mass is 79.9. The smallest absolute Gasteiger partial charge is 0.414 e. The van der Waals surface area contributed by atoms with E-state index < -0.39 is 5.60 Å². The fraction of sp³-hybridized carbons (Fsp3) is 0.261. The lowest BCUT2D eigenvalue weighted by Gasteiger charge is -2.25. The minimum absolute atomic E-state index is 0.356. The number of carbonyl (C=O) groups excluding carboxylic acids is 2. The summed E-state index contributed by atoms with van der Waals surface area (Å²) in [7, 11) is 0. The maximum Gasteiger partial charge on any atom is 0.414 e. The lowest BCUT2D eigenvalue weighted by molar-refractivity contribution is 0.0584. The quantitative estimate of drug-likeness (QED) is 0.489. The molecule has 1 aromatic heterocycles. The number of aldehydes is 1. The summed E-state index contributed by atoms with van der Waals surface area (Å²) in [5.41, 5.74) is 4.05. The molecule has 1 amide bonds. The zero-order valence-electron chi connectivity index (χ0n) is 17.0. The number of anilines is 3. The third-order valence-corrected chi connectivity index (χ3v) is 5.34. The van der Waals surface area contributed by atoms with E-state index in [-0.39, 0.29) is 6.09 Å². The predicted molar refractivity (Wildman–Crippen MR) is 122 cm³/mol. The van der Waals surface area contributed by atoms with E-state index in [2.05, 4.69) is 26.2 Å². The van der Waals surface area contributed by atoms with Gasteiger partial charge < -0.3 is 10.1 Å². The molecule has 0 radical (unpaired) electrons. The van der Waals surface area contributed by atoms with Crippen LogP contribution >= 0.6 is 15.9 Å². The van der Waals surface area contributed by atoms with Crippen LogP contribution in [0.5, 0.6) is 0 Å². The summed E-state index contributed by atoms with van der Waals surface area (Å²) in [6.45, 7) is 6.15. The Kier molecular flexibility index (Phi) is 5.24. The van der Waals surface area contributed by atoms with Gasteiger partial charge in [0, 0.05) is 28.3 Å². The van der Waals surface area contributed by atoms with E-state index in [1.807, 2.05) is 57.2 Å². The van der Waals surface area contributed by atoms with Crippen LogP contribution in [0.25, 0.3) is 10.9 Å². The van der Waals surface area contributed by atoms with Crippen molar-refractivity contribution < 1.29 is 14.3 Å². The molecule has 0 atom stereocenters. The Labute approximate surface area is 183 Å². The number of nitrogens with zero attached hydrogens (tertiary/aromatic N) is 2. The summed E-state index contributed by atoms with van der Waals surface area (Å²) in [5, 5.41) is 4.19. The maximum absolute atomic E-state index is 12.6. The second-order valence-corrected chi connectivity index (χ2v) is 9.13. The molecule has 6 nitrogen and oxygen atoms in total. The van der Waals surface area contributed by atoms with E-state index >= 15 is 0 Å². The van der Waals surface area contributed by atoms with E-state index in [1.165, 1.54) is 0 Å². The number of carbonyl (C=O) groups is 2. The summed E-state index contributed by atoms with van der Waals surface area (Å²) in [6, 6.07) is 11.6. The van der Waals surface area contributed by atoms with Crippen molar-refractivity contribution in [2.75, 3.05) is 16.8 Å². The van der Waals surface area contributed by atoms with Crippen molar-refractivity contribution in [2.24, 2.45) is 0 Å². The Balaban J connectivity index is 1.71. The Hall–Kier alpha value is -2.93. The molecular weight excluding hydrogens is 446 g/mol. The lowest BCUT2D eigenvalue weighted by Crippen LogP contribution is -2.35. The van der Waals surface area contributed by atoms with Gasteiger partial charge in [0.1, 0.15) is 5.60 Å². The normalized spacial score (nSPS) is 13.3. The molecule has 0 spiro atoms. The molecule has 1 aliphatic rings. The first-order chi connectivity index (χ1) is 14.2. The molecule has 0 bridgehead atoms. The SMILES string of the molecule is CC(C)(C)OC(=O)N1CCc2ccc(Nc3c(C=O)cnc4ccc(Br)cc34)cc21. The zero-order chi connectivity index (χ0) is 21.5. The van der Waals surface area contributed by atoms with E-state index in [0.29, 0.717) is 17.8 Å². The fourth-order valence-corrected chi connectivity index (χ4v) is 3.88. The predicted octanol–water partition coefficient (Wildman–Crippen LogP) is 5.85. The Morgan fingerprint density at radius 3 is 2.77 bits per heavy atom. The highest BCUT2D eigenvalue weighted by Crippen LogP contribution is 2.35. The van der Waals surface area contributed by atoms with E-state index in [0.717, 1.165) is 45.0 Å². The topological polar surface area (TPSA) is 71.5 Å². The largest absolute Gasteiger partial charge is 0.443 e. The van der Waals surface area contributed by atoms with Gasteiger partial charge in [0.2, 0.25) is 0 Å². The summed E-state index contributed by atoms with van der Waals surface area (Å²) in [6.07, 6.45) is 2.77. The molecule has 154 valence electrons. The number of fused-ring (bicyclic) bond motifs is 2. The number of ether oxygens (including phenoxy) is 1. The first kappa shape index (κ1) is 20.3. The Morgan fingerprint density at radius 2 is 2.03 bits per heavy atom. The zero-order valence-corrected chi connectivity index (χ0v) is 18.6. The molecule has 0 saturated carbocycles. The van der Waals surface area contributed by atoms with Crippen molar-refractivity contribution in [3.8, 4) is 0 Å². The van der Waals surface area contributed by atoms with Crippen molar-refractivity contribution in [3.05, 3.63) is 58.2 Å². The summed E-state index contributed by atoms with van der Waals surface area (Å²) >= 11 is 3.48. The van der Waals surface area contributed by atoms with Crippen LogP contribution in [0.3, 0.4) is 0 Å². The Bertz CT molecular complexity index is 1150. The van der Waals surface area contributed by atoms with Gasteiger partial charge in [0.15, 0.2) is 6.29 Å². The highest BCUT2D eigenvalue weighted by Gasteiger charge is 2.29. The van der Waals surface area contributed by atoms with Crippen LogP contribution in [0.4, 0.5) is 21.9 Å². The van der Waals surface area contributed by atoms with Gasteiger partial charge in [-0.1, -0.05) is 22.0 Å². The van der Waals surface area contributed by atoms with Crippen LogP contribution in [-0.4, -0.2) is 29.5 Å². The third-order valence-electron chi connectivity index (χ3n) is 4.85. The average molecular weight is 468 g/mol. The number of amides is 1. The van der Waals surface area contributed by atoms with Crippen molar-refractivity contribution in [3.63, 3.8) is 0 Å². The molecule has 1 N–H and O–H groups in total. The molecule has 0 aliphatic carbocycles. The van der Waals surface area contributed by atoms with Gasteiger partial charge in [-0.05, 0) is 63.1 Å². The number of rotatable bonds is 3. The highest BCUT2D eigenvalue weighted by molar-refractivity contribution is 9.10. The van der Waals surface area contributed by atoms with Gasteiger partial charge >= 0.3 is 6.09 Å². The van der Waals surface area contributed by atoms with Crippen LogP contribution in [0.15, 0.2) is 47.1 Å². The van der Waals surface area contributed by atoms with Crippen molar-refractivity contribution in [1.29, 1.82) is 0 Å². The number of aromatic nitrogens is 1. The number of benzene rings is 2. The van der Waals surface area contributed by atoms with Crippen molar-refractivity contribution >= 4 is 56.3 Å². The molecular formula is C23H22BrN3O3. The minimum atomic E-state index is -0.558. The van der Waals surface area contributed by atoms with Crippen LogP contribution in [0, 0.1) is 0 Å². The summed E-state index contributed by atoms with van der Waals surface area (Å²) < 4.78 is 6.45. The monoisotopic (exact) mass is 467 g/mol. The van der Waals surface area contributed by atoms with E-state index in [1.54, 1.807) is 11.1 Å². The van der Waals surface area contributed by atoms with E-state index in [9.17, 15) is 9.59 Å². The molecule has 4 rings (SSSR count). The van der Waals surface area contributed by atoms with Crippen LogP contribution in [0.1, 0.15) is 36.7 Å². The van der Waals surface area contributed by atoms with Gasteiger partial charge in [-0.2, -0.15) is 0 Å². The van der Waals surface area contributed by atoms with Crippen LogP contribution in [0.2, 0.25) is 0 Å². The van der Waals surface area contributed by atoms with Gasteiger partial charge in [-0.25, -0.2) is 4.79 Å². The molecule has 1 aliphatic heterocycles. The molecule has 3 aromatic rings. The summed E-state index contributed by atoms with van der Waals surface area (Å²) in [4.78, 5) is 30.3. The molecule has 30 heavy (non-hydrogen) atoms. The first-order valence-electron chi connectivity index (χ1n) is 9.69. The maximum atomic E-state index is 12.6. The molecule has 7 heteroatoms. The van der Waals surface area contributed by atoms with Crippen molar-refractivity contribution in [1.82, 2.24) is 4.98 Å². The Morgan fingerprint density at radius 1 is 1.23 bits per heavy atom. The lowest BCUT2D eigenvalue weighted by atomic mass is 10.1. The minimum Gasteiger partial charge on any atom is -0.443 e. The number of halogens is 1. The van der Waals surface area contributed by atoms with Gasteiger partial charge in [0.25, 0.3) is 0 Å². The number of nitrogens with one attached hydrogen (secondary N) is 1.